The average Bonchev–Trinajstić information content (AvgIpc) is 1.97. The first kappa shape index (κ1) is 73.9. The monoisotopic (exact) mass is 1230 g/mol. The van der Waals surface area contributed by atoms with E-state index in [0.29, 0.717) is 112 Å². The number of Topliss-reactive ketones (excluding diaryl/α,β-unsaturated/α-hetero) is 1. The first-order valence-electron chi connectivity index (χ1n) is 30.6. The molecular weight excluding hydrogens is 1130 g/mol. The molecule has 1 unspecified atom stereocenters. The van der Waals surface area contributed by atoms with Gasteiger partial charge in [0.05, 0.1) is 138 Å². The maximum absolute atomic E-state index is 13.2. The minimum absolute atomic E-state index is 0.0239. The molecule has 0 radical (unpaired) electrons. The second kappa shape index (κ2) is 41.6. The van der Waals surface area contributed by atoms with Gasteiger partial charge in [-0.05, 0) is 61.3 Å². The molecule has 6 N–H and O–H groups in total. The van der Waals surface area contributed by atoms with Crippen molar-refractivity contribution in [1.82, 2.24) is 36.8 Å². The number of nitrogens with zero attached hydrogens (tertiary/aromatic N) is 1. The molecule has 8 amide bonds. The van der Waals surface area contributed by atoms with Crippen LogP contribution in [-0.4, -0.2) is 228 Å². The summed E-state index contributed by atoms with van der Waals surface area (Å²) in [6.07, 6.45) is 4.67. The van der Waals surface area contributed by atoms with Crippen molar-refractivity contribution in [3.63, 3.8) is 0 Å². The van der Waals surface area contributed by atoms with E-state index in [1.54, 1.807) is 30.3 Å². The van der Waals surface area contributed by atoms with E-state index in [-0.39, 0.29) is 92.0 Å². The molecule has 26 nitrogen and oxygen atoms in total. The minimum atomic E-state index is -1.08. The Morgan fingerprint density at radius 1 is 0.540 bits per heavy atom. The van der Waals surface area contributed by atoms with Crippen LogP contribution in [-0.2, 0) is 96.9 Å². The second-order valence-electron chi connectivity index (χ2n) is 23.8. The molecule has 3 aliphatic rings. The fourth-order valence-electron chi connectivity index (χ4n) is 9.32. The molecule has 2 saturated carbocycles. The quantitative estimate of drug-likeness (QED) is 0.0302. The molecule has 4 rings (SSSR count). The van der Waals surface area contributed by atoms with Gasteiger partial charge in [0, 0.05) is 37.3 Å². The summed E-state index contributed by atoms with van der Waals surface area (Å²) in [5.74, 6) is -3.15. The Balaban J connectivity index is 0.849. The van der Waals surface area contributed by atoms with Gasteiger partial charge in [-0.15, -0.1) is 0 Å². The van der Waals surface area contributed by atoms with Crippen molar-refractivity contribution in [1.29, 1.82) is 0 Å². The Bertz CT molecular complexity index is 2240. The Kier molecular flexibility index (Phi) is 35.4. The van der Waals surface area contributed by atoms with E-state index in [9.17, 15) is 43.2 Å². The molecule has 2 aliphatic carbocycles. The van der Waals surface area contributed by atoms with E-state index >= 15 is 0 Å². The largest absolute Gasteiger partial charge is 0.377 e. The molecule has 0 spiro atoms. The zero-order chi connectivity index (χ0) is 63.3. The van der Waals surface area contributed by atoms with Gasteiger partial charge in [0.1, 0.15) is 25.5 Å². The lowest BCUT2D eigenvalue weighted by Crippen LogP contribution is -2.52. The third-order valence-corrected chi connectivity index (χ3v) is 14.5. The van der Waals surface area contributed by atoms with Gasteiger partial charge in [0.25, 0.3) is 0 Å². The number of ether oxygens (including phenoxy) is 10. The fourth-order valence-corrected chi connectivity index (χ4v) is 9.32. The van der Waals surface area contributed by atoms with Gasteiger partial charge in [0.15, 0.2) is 5.78 Å². The summed E-state index contributed by atoms with van der Waals surface area (Å²) in [5, 5.41) is 15.4. The number of ketones is 1. The molecule has 3 atom stereocenters. The molecular formula is C61H99N7O19. The van der Waals surface area contributed by atoms with Gasteiger partial charge in [0.2, 0.25) is 47.3 Å². The number of rotatable bonds is 47. The maximum atomic E-state index is 13.2. The molecule has 87 heavy (non-hydrogen) atoms. The van der Waals surface area contributed by atoms with E-state index < -0.39 is 66.7 Å². The van der Waals surface area contributed by atoms with E-state index in [2.05, 4.69) is 31.9 Å². The SMILES string of the molecule is CC(C)(C)C(=O)[C@H](OCNC(=O)CNC(=O)[C@H](Cc1ccccc1)NC(=O)CNC(=O)CNC(=O)COCCOCCOCCOCCOCCOCCOCCOCCOCCNC(=O)[C@H]1CC[C@H](CN2C(=O)CC(C(C)(C)C)C2=O)CC1)C1CC1. The topological polar surface area (TPSA) is 321 Å². The Morgan fingerprint density at radius 2 is 1.01 bits per heavy atom. The zero-order valence-corrected chi connectivity index (χ0v) is 52.2. The maximum Gasteiger partial charge on any atom is 0.246 e. The Labute approximate surface area is 512 Å². The van der Waals surface area contributed by atoms with Crippen LogP contribution in [0.1, 0.15) is 92.1 Å². The van der Waals surface area contributed by atoms with Crippen molar-refractivity contribution in [2.45, 2.75) is 105 Å². The number of nitrogens with one attached hydrogen (secondary N) is 6. The average molecular weight is 1230 g/mol. The van der Waals surface area contributed by atoms with Crippen LogP contribution in [0, 0.1) is 34.5 Å². The predicted molar refractivity (Wildman–Crippen MR) is 316 cm³/mol. The molecule has 3 fully saturated rings. The molecule has 0 aromatic heterocycles. The minimum Gasteiger partial charge on any atom is -0.377 e. The van der Waals surface area contributed by atoms with Crippen LogP contribution in [0.5, 0.6) is 0 Å². The highest BCUT2D eigenvalue weighted by atomic mass is 16.6. The van der Waals surface area contributed by atoms with Crippen LogP contribution < -0.4 is 31.9 Å². The van der Waals surface area contributed by atoms with E-state index in [1.165, 1.54) is 4.90 Å². The molecule has 1 aliphatic heterocycles. The van der Waals surface area contributed by atoms with Crippen LogP contribution >= 0.6 is 0 Å². The van der Waals surface area contributed by atoms with Crippen molar-refractivity contribution in [3.05, 3.63) is 35.9 Å². The molecule has 1 aromatic rings. The van der Waals surface area contributed by atoms with Crippen LogP contribution in [0.2, 0.25) is 0 Å². The summed E-state index contributed by atoms with van der Waals surface area (Å²) in [5.41, 5.74) is -0.0864. The molecule has 1 saturated heterocycles. The standard InChI is InChI=1S/C61H99N7O19/c1-60(2,3)48-37-54(73)68(59(48)77)41-45-12-14-47(15-13-45)57(75)62-18-19-78-20-21-79-22-23-80-24-25-81-26-27-82-28-29-83-30-31-84-32-33-85-34-35-86-42-53(72)64-38-50(69)63-40-52(71)67-49(36-44-10-8-7-9-11-44)58(76)65-39-51(70)66-43-87-55(46-16-17-46)56(74)61(4,5)6/h7-11,45-49,55H,12-43H2,1-6H3,(H,62,75)(H,63,69)(H,64,72)(H,65,76)(H,66,70)(H,67,71)/t45-,47-,48?,49-,55+/m0/s1. The number of imide groups is 1. The first-order chi connectivity index (χ1) is 41.7. The number of benzene rings is 1. The van der Waals surface area contributed by atoms with Crippen molar-refractivity contribution >= 4 is 53.0 Å². The lowest BCUT2D eigenvalue weighted by molar-refractivity contribution is -0.142. The van der Waals surface area contributed by atoms with Crippen molar-refractivity contribution in [2.75, 3.05) is 158 Å². The van der Waals surface area contributed by atoms with Gasteiger partial charge < -0.3 is 79.3 Å². The van der Waals surface area contributed by atoms with Crippen LogP contribution in [0.3, 0.4) is 0 Å². The molecule has 492 valence electrons. The Hall–Kier alpha value is -5.55. The number of carbonyl (C=O) groups excluding carboxylic acids is 9. The second-order valence-corrected chi connectivity index (χ2v) is 23.8. The van der Waals surface area contributed by atoms with Crippen LogP contribution in [0.15, 0.2) is 30.3 Å². The van der Waals surface area contributed by atoms with Crippen LogP contribution in [0.4, 0.5) is 0 Å². The lowest BCUT2D eigenvalue weighted by atomic mass is 9.79. The molecule has 26 heteroatoms. The third-order valence-electron chi connectivity index (χ3n) is 14.5. The summed E-state index contributed by atoms with van der Waals surface area (Å²) < 4.78 is 55.1. The molecule has 1 heterocycles. The van der Waals surface area contributed by atoms with E-state index in [0.717, 1.165) is 44.1 Å². The number of hydrogen-bond acceptors (Lipinski definition) is 19. The first-order valence-corrected chi connectivity index (χ1v) is 30.6. The third kappa shape index (κ3) is 32.0. The van der Waals surface area contributed by atoms with Crippen LogP contribution in [0.25, 0.3) is 0 Å². The van der Waals surface area contributed by atoms with E-state index in [4.69, 9.17) is 47.4 Å². The fraction of sp³-hybridized carbons (Fsp3) is 0.754. The lowest BCUT2D eigenvalue weighted by Gasteiger charge is -2.31. The van der Waals surface area contributed by atoms with Gasteiger partial charge >= 0.3 is 0 Å². The molecule has 1 aromatic carbocycles. The summed E-state index contributed by atoms with van der Waals surface area (Å²) in [6, 6.07) is 7.85. The van der Waals surface area contributed by atoms with Crippen molar-refractivity contribution in [2.24, 2.45) is 34.5 Å². The van der Waals surface area contributed by atoms with Crippen molar-refractivity contribution < 1.29 is 90.5 Å². The summed E-state index contributed by atoms with van der Waals surface area (Å²) in [6.45, 7) is 16.8. The summed E-state index contributed by atoms with van der Waals surface area (Å²) in [4.78, 5) is 115. The highest BCUT2D eigenvalue weighted by Crippen LogP contribution is 2.39. The smallest absolute Gasteiger partial charge is 0.246 e. The summed E-state index contributed by atoms with van der Waals surface area (Å²) >= 11 is 0. The number of hydrogen-bond donors (Lipinski definition) is 6. The normalized spacial score (nSPS) is 17.8. The van der Waals surface area contributed by atoms with Crippen molar-refractivity contribution in [3.8, 4) is 0 Å². The number of likely N-dealkylation sites (tertiary alicyclic amines) is 1. The summed E-state index contributed by atoms with van der Waals surface area (Å²) in [7, 11) is 0. The highest BCUT2D eigenvalue weighted by Gasteiger charge is 2.45. The number of carbonyl (C=O) groups is 9. The van der Waals surface area contributed by atoms with E-state index in [1.807, 2.05) is 41.5 Å². The zero-order valence-electron chi connectivity index (χ0n) is 52.2. The van der Waals surface area contributed by atoms with Gasteiger partial charge in [-0.25, -0.2) is 0 Å². The van der Waals surface area contributed by atoms with Gasteiger partial charge in [-0.1, -0.05) is 71.9 Å². The van der Waals surface area contributed by atoms with Gasteiger partial charge in [-0.2, -0.15) is 0 Å². The highest BCUT2D eigenvalue weighted by molar-refractivity contribution is 6.04. The number of amides is 8. The Morgan fingerprint density at radius 3 is 1.51 bits per heavy atom. The predicted octanol–water partition coefficient (Wildman–Crippen LogP) is 1.04. The molecule has 0 bridgehead atoms. The van der Waals surface area contributed by atoms with Gasteiger partial charge in [-0.3, -0.25) is 48.1 Å².